The maximum Gasteiger partial charge on any atom is 0.417 e. The zero-order valence-electron chi connectivity index (χ0n) is 13.9. The number of alkyl halides is 3. The average molecular weight is 396 g/mol. The van der Waals surface area contributed by atoms with Crippen molar-refractivity contribution in [3.05, 3.63) is 58.9 Å². The molecule has 140 valence electrons. The van der Waals surface area contributed by atoms with Crippen LogP contribution >= 0.6 is 11.6 Å². The van der Waals surface area contributed by atoms with E-state index in [1.165, 1.54) is 6.21 Å². The van der Waals surface area contributed by atoms with Gasteiger partial charge < -0.3 is 4.74 Å². The lowest BCUT2D eigenvalue weighted by molar-refractivity contribution is -0.137. The molecule has 1 aromatic carbocycles. The molecule has 0 aliphatic rings. The highest BCUT2D eigenvalue weighted by molar-refractivity contribution is 6.32. The van der Waals surface area contributed by atoms with Crippen molar-refractivity contribution in [3.8, 4) is 17.0 Å². The van der Waals surface area contributed by atoms with E-state index < -0.39 is 11.7 Å². The number of hydrogen-bond donors (Lipinski definition) is 2. The van der Waals surface area contributed by atoms with E-state index >= 15 is 0 Å². The molecule has 0 aliphatic heterocycles. The number of aromatic amines is 1. The fraction of sp³-hybridized carbons (Fsp3) is 0.118. The van der Waals surface area contributed by atoms with Crippen molar-refractivity contribution in [2.24, 2.45) is 5.10 Å². The molecule has 0 atom stereocenters. The van der Waals surface area contributed by atoms with Gasteiger partial charge in [-0.3, -0.25) is 10.5 Å². The Morgan fingerprint density at radius 3 is 2.59 bits per heavy atom. The standard InChI is InChI=1S/C17H13ClF3N5O/c1-27-13-4-2-10(3-5-13)15-11(7-23-25-15)8-24-26-16-14(18)6-12(9-22-16)17(19,20)21/h2-9H,1H3,(H,22,26)(H,23,25)/b24-8-. The molecule has 0 amide bonds. The second-order valence-electron chi connectivity index (χ2n) is 5.35. The van der Waals surface area contributed by atoms with E-state index in [0.717, 1.165) is 23.1 Å². The van der Waals surface area contributed by atoms with Gasteiger partial charge in [-0.05, 0) is 30.3 Å². The number of hydrazone groups is 1. The molecule has 3 rings (SSSR count). The minimum absolute atomic E-state index is 0.00964. The van der Waals surface area contributed by atoms with Crippen molar-refractivity contribution < 1.29 is 17.9 Å². The Morgan fingerprint density at radius 1 is 1.22 bits per heavy atom. The van der Waals surface area contributed by atoms with E-state index in [2.05, 4.69) is 25.7 Å². The van der Waals surface area contributed by atoms with Crippen LogP contribution in [0.1, 0.15) is 11.1 Å². The van der Waals surface area contributed by atoms with Gasteiger partial charge in [-0.15, -0.1) is 0 Å². The summed E-state index contributed by atoms with van der Waals surface area (Å²) in [4.78, 5) is 3.65. The quantitative estimate of drug-likeness (QED) is 0.489. The van der Waals surface area contributed by atoms with Crippen LogP contribution in [-0.4, -0.2) is 28.5 Å². The minimum atomic E-state index is -4.51. The van der Waals surface area contributed by atoms with Crippen molar-refractivity contribution in [3.63, 3.8) is 0 Å². The fourth-order valence-corrected chi connectivity index (χ4v) is 2.43. The molecule has 27 heavy (non-hydrogen) atoms. The molecule has 0 bridgehead atoms. The number of ether oxygens (including phenoxy) is 1. The highest BCUT2D eigenvalue weighted by Crippen LogP contribution is 2.32. The number of aromatic nitrogens is 3. The maximum atomic E-state index is 12.6. The van der Waals surface area contributed by atoms with Crippen LogP contribution < -0.4 is 10.2 Å². The number of pyridine rings is 1. The third-order valence-electron chi connectivity index (χ3n) is 3.59. The number of benzene rings is 1. The number of anilines is 1. The summed E-state index contributed by atoms with van der Waals surface area (Å²) in [6.45, 7) is 0. The summed E-state index contributed by atoms with van der Waals surface area (Å²) >= 11 is 5.82. The van der Waals surface area contributed by atoms with Crippen LogP contribution in [0.4, 0.5) is 19.0 Å². The summed E-state index contributed by atoms with van der Waals surface area (Å²) in [6.07, 6.45) is -0.807. The van der Waals surface area contributed by atoms with Crippen LogP contribution in [0.15, 0.2) is 47.8 Å². The van der Waals surface area contributed by atoms with Gasteiger partial charge in [0.1, 0.15) is 5.75 Å². The molecule has 10 heteroatoms. The lowest BCUT2D eigenvalue weighted by Gasteiger charge is -2.08. The number of methoxy groups -OCH3 is 1. The lowest BCUT2D eigenvalue weighted by atomic mass is 10.1. The van der Waals surface area contributed by atoms with Gasteiger partial charge in [-0.1, -0.05) is 11.6 Å². The average Bonchev–Trinajstić information content (AvgIpc) is 3.11. The predicted octanol–water partition coefficient (Wildman–Crippen LogP) is 4.60. The molecule has 0 radical (unpaired) electrons. The van der Waals surface area contributed by atoms with Crippen molar-refractivity contribution in [1.29, 1.82) is 0 Å². The first-order valence-electron chi connectivity index (χ1n) is 7.58. The number of nitrogens with zero attached hydrogens (tertiary/aromatic N) is 3. The molecule has 0 aliphatic carbocycles. The van der Waals surface area contributed by atoms with Gasteiger partial charge in [0.15, 0.2) is 5.82 Å². The van der Waals surface area contributed by atoms with Gasteiger partial charge in [-0.25, -0.2) is 4.98 Å². The Labute approximate surface area is 157 Å². The summed E-state index contributed by atoms with van der Waals surface area (Å²) in [6, 6.07) is 8.10. The Bertz CT molecular complexity index is 954. The summed E-state index contributed by atoms with van der Waals surface area (Å²) in [5, 5.41) is 10.6. The monoisotopic (exact) mass is 395 g/mol. The van der Waals surface area contributed by atoms with Crippen LogP contribution in [0.2, 0.25) is 5.02 Å². The molecule has 0 saturated heterocycles. The van der Waals surface area contributed by atoms with E-state index in [1.807, 2.05) is 12.1 Å². The molecule has 0 fully saturated rings. The Balaban J connectivity index is 1.75. The Morgan fingerprint density at radius 2 is 1.96 bits per heavy atom. The number of rotatable bonds is 5. The van der Waals surface area contributed by atoms with Crippen LogP contribution in [0, 0.1) is 0 Å². The van der Waals surface area contributed by atoms with E-state index in [0.29, 0.717) is 11.8 Å². The molecule has 2 N–H and O–H groups in total. The van der Waals surface area contributed by atoms with Crippen LogP contribution in [0.3, 0.4) is 0 Å². The van der Waals surface area contributed by atoms with E-state index in [4.69, 9.17) is 16.3 Å². The zero-order chi connectivity index (χ0) is 19.4. The van der Waals surface area contributed by atoms with Crippen LogP contribution in [-0.2, 0) is 6.18 Å². The van der Waals surface area contributed by atoms with Crippen LogP contribution in [0.5, 0.6) is 5.75 Å². The highest BCUT2D eigenvalue weighted by Gasteiger charge is 2.31. The third-order valence-corrected chi connectivity index (χ3v) is 3.88. The molecule has 6 nitrogen and oxygen atoms in total. The Kier molecular flexibility index (Phi) is 5.31. The van der Waals surface area contributed by atoms with Gasteiger partial charge in [0.25, 0.3) is 0 Å². The summed E-state index contributed by atoms with van der Waals surface area (Å²) in [5.41, 5.74) is 3.83. The van der Waals surface area contributed by atoms with Gasteiger partial charge >= 0.3 is 6.18 Å². The largest absolute Gasteiger partial charge is 0.497 e. The third kappa shape index (κ3) is 4.37. The first-order chi connectivity index (χ1) is 12.9. The van der Waals surface area contributed by atoms with E-state index in [1.54, 1.807) is 25.4 Å². The molecule has 3 aromatic rings. The van der Waals surface area contributed by atoms with E-state index in [-0.39, 0.29) is 10.8 Å². The van der Waals surface area contributed by atoms with Gasteiger partial charge in [0.05, 0.1) is 35.8 Å². The second-order valence-corrected chi connectivity index (χ2v) is 5.76. The number of hydrogen-bond acceptors (Lipinski definition) is 5. The SMILES string of the molecule is COc1ccc(-c2[nH]ncc2/C=N\Nc2ncc(C(F)(F)F)cc2Cl)cc1. The smallest absolute Gasteiger partial charge is 0.417 e. The normalized spacial score (nSPS) is 11.7. The Hall–Kier alpha value is -3.07. The summed E-state index contributed by atoms with van der Waals surface area (Å²) in [7, 11) is 1.58. The van der Waals surface area contributed by atoms with E-state index in [9.17, 15) is 13.2 Å². The molecule has 0 saturated carbocycles. The molecule has 0 unspecified atom stereocenters. The second kappa shape index (κ2) is 7.67. The molecule has 0 spiro atoms. The van der Waals surface area contributed by atoms with Crippen molar-refractivity contribution in [2.45, 2.75) is 6.18 Å². The first kappa shape index (κ1) is 18.7. The number of halogens is 4. The maximum absolute atomic E-state index is 12.6. The summed E-state index contributed by atoms with van der Waals surface area (Å²) in [5.74, 6) is 0.730. The lowest BCUT2D eigenvalue weighted by Crippen LogP contribution is -2.06. The summed E-state index contributed by atoms with van der Waals surface area (Å²) < 4.78 is 43.0. The van der Waals surface area contributed by atoms with Crippen LogP contribution in [0.25, 0.3) is 11.3 Å². The first-order valence-corrected chi connectivity index (χ1v) is 7.96. The van der Waals surface area contributed by atoms with Crippen molar-refractivity contribution in [1.82, 2.24) is 15.2 Å². The molecular formula is C17H13ClF3N5O. The molecule has 2 heterocycles. The van der Waals surface area contributed by atoms with Crippen molar-refractivity contribution in [2.75, 3.05) is 12.5 Å². The minimum Gasteiger partial charge on any atom is -0.497 e. The van der Waals surface area contributed by atoms with Crippen molar-refractivity contribution >= 4 is 23.6 Å². The number of H-pyrrole nitrogens is 1. The van der Waals surface area contributed by atoms with Gasteiger partial charge in [-0.2, -0.15) is 23.4 Å². The molecular weight excluding hydrogens is 383 g/mol. The molecule has 2 aromatic heterocycles. The topological polar surface area (TPSA) is 75.2 Å². The van der Waals surface area contributed by atoms with Gasteiger partial charge in [0.2, 0.25) is 0 Å². The highest BCUT2D eigenvalue weighted by atomic mass is 35.5. The van der Waals surface area contributed by atoms with Gasteiger partial charge in [0, 0.05) is 17.3 Å². The fourth-order valence-electron chi connectivity index (χ4n) is 2.22. The number of nitrogens with one attached hydrogen (secondary N) is 2. The predicted molar refractivity (Wildman–Crippen MR) is 96.0 cm³/mol. The zero-order valence-corrected chi connectivity index (χ0v) is 14.6.